The van der Waals surface area contributed by atoms with Gasteiger partial charge in [0.05, 0.1) is 18.8 Å². The van der Waals surface area contributed by atoms with Gasteiger partial charge in [0.15, 0.2) is 5.78 Å². The summed E-state index contributed by atoms with van der Waals surface area (Å²) in [4.78, 5) is 22.2. The zero-order chi connectivity index (χ0) is 11.5. The average molecular weight is 210 g/mol. The molecule has 2 atom stereocenters. The minimum absolute atomic E-state index is 0.0364. The van der Waals surface area contributed by atoms with E-state index in [0.29, 0.717) is 25.1 Å². The highest BCUT2D eigenvalue weighted by atomic mass is 16.6. The molecule has 1 rings (SSSR count). The molecule has 1 heterocycles. The van der Waals surface area contributed by atoms with E-state index in [1.54, 1.807) is 6.92 Å². The summed E-state index contributed by atoms with van der Waals surface area (Å²) >= 11 is 0. The largest absolute Gasteiger partial charge is 0.362 e. The van der Waals surface area contributed by atoms with Gasteiger partial charge in [-0.1, -0.05) is 13.8 Å². The van der Waals surface area contributed by atoms with Crippen LogP contribution in [0.2, 0.25) is 0 Å². The van der Waals surface area contributed by atoms with Gasteiger partial charge in [-0.15, -0.1) is 0 Å². The maximum absolute atomic E-state index is 11.9. The summed E-state index contributed by atoms with van der Waals surface area (Å²) in [6, 6.07) is -0.317. The van der Waals surface area contributed by atoms with Gasteiger partial charge in [0.1, 0.15) is 5.60 Å². The van der Waals surface area contributed by atoms with Crippen LogP contribution < -0.4 is 5.23 Å². The Hall–Kier alpha value is -0.675. The predicted octanol–water partition coefficient (Wildman–Crippen LogP) is 0.158. The van der Waals surface area contributed by atoms with Crippen LogP contribution in [0.1, 0.15) is 27.2 Å². The van der Waals surface area contributed by atoms with Gasteiger partial charge in [-0.2, -0.15) is 0 Å². The number of hydrogen-bond donors (Lipinski definition) is 1. The first kappa shape index (κ1) is 12.4. The van der Waals surface area contributed by atoms with Gasteiger partial charge >= 0.3 is 0 Å². The number of rotatable bonds is 7. The molecular formula is C10H17BNO3. The van der Waals surface area contributed by atoms with Gasteiger partial charge in [0.25, 0.3) is 7.41 Å². The van der Waals surface area contributed by atoms with Crippen molar-refractivity contribution < 1.29 is 14.3 Å². The maximum atomic E-state index is 11.9. The Bertz CT molecular complexity index is 251. The zero-order valence-electron chi connectivity index (χ0n) is 9.45. The first-order valence-corrected chi connectivity index (χ1v) is 5.21. The Morgan fingerprint density at radius 2 is 2.27 bits per heavy atom. The molecule has 0 amide bonds. The van der Waals surface area contributed by atoms with Crippen LogP contribution in [0, 0.1) is 5.92 Å². The summed E-state index contributed by atoms with van der Waals surface area (Å²) in [5.41, 5.74) is -0.622. The van der Waals surface area contributed by atoms with E-state index in [-0.39, 0.29) is 11.8 Å². The molecule has 15 heavy (non-hydrogen) atoms. The molecule has 0 aromatic carbocycles. The highest BCUT2D eigenvalue weighted by Crippen LogP contribution is 2.29. The molecule has 0 unspecified atom stereocenters. The van der Waals surface area contributed by atoms with E-state index in [1.165, 1.54) is 7.41 Å². The number of ketones is 1. The van der Waals surface area contributed by atoms with E-state index < -0.39 is 5.60 Å². The Labute approximate surface area is 91.0 Å². The third-order valence-corrected chi connectivity index (χ3v) is 2.49. The van der Waals surface area contributed by atoms with Crippen molar-refractivity contribution in [1.29, 1.82) is 0 Å². The Morgan fingerprint density at radius 3 is 2.67 bits per heavy atom. The summed E-state index contributed by atoms with van der Waals surface area (Å²) in [7, 11) is 1.27. The molecule has 5 heteroatoms. The molecular weight excluding hydrogens is 193 g/mol. The quantitative estimate of drug-likeness (QED) is 0.369. The molecule has 0 aromatic heterocycles. The smallest absolute Gasteiger partial charge is 0.290 e. The van der Waals surface area contributed by atoms with E-state index in [9.17, 15) is 9.59 Å². The number of Topliss-reactive ketones (excluding diaryl/α,β-unsaturated/α-hetero) is 1. The van der Waals surface area contributed by atoms with Crippen LogP contribution in [-0.2, 0) is 14.3 Å². The molecule has 1 N–H and O–H groups in total. The maximum Gasteiger partial charge on any atom is 0.290 e. The lowest BCUT2D eigenvalue weighted by atomic mass is 9.88. The molecule has 0 saturated carbocycles. The lowest BCUT2D eigenvalue weighted by molar-refractivity contribution is -0.125. The highest BCUT2D eigenvalue weighted by molar-refractivity contribution is 6.64. The van der Waals surface area contributed by atoms with E-state index in [0.717, 1.165) is 0 Å². The van der Waals surface area contributed by atoms with E-state index >= 15 is 0 Å². The fraction of sp³-hybridized carbons (Fsp3) is 0.800. The number of hydrogen-bond acceptors (Lipinski definition) is 4. The first-order valence-electron chi connectivity index (χ1n) is 5.21. The van der Waals surface area contributed by atoms with Gasteiger partial charge in [-0.25, -0.2) is 0 Å². The SMILES string of the molecule is CC(C)C[C@H](N[B]C=O)C(=O)[C@]1(C)CO1. The van der Waals surface area contributed by atoms with Crippen LogP contribution in [0.15, 0.2) is 0 Å². The minimum Gasteiger partial charge on any atom is -0.362 e. The molecule has 0 aliphatic carbocycles. The molecule has 0 aromatic rings. The molecule has 1 aliphatic heterocycles. The number of carbonyl (C=O) groups excluding carboxylic acids is 2. The number of ether oxygens (including phenoxy) is 1. The van der Waals surface area contributed by atoms with Crippen molar-refractivity contribution in [1.82, 2.24) is 5.23 Å². The van der Waals surface area contributed by atoms with Crippen LogP contribution >= 0.6 is 0 Å². The Morgan fingerprint density at radius 1 is 1.67 bits per heavy atom. The van der Waals surface area contributed by atoms with Gasteiger partial charge in [-0.3, -0.25) is 4.79 Å². The van der Waals surface area contributed by atoms with Crippen molar-refractivity contribution in [3.8, 4) is 0 Å². The molecule has 0 bridgehead atoms. The number of nitrogens with one attached hydrogen (secondary N) is 1. The van der Waals surface area contributed by atoms with Crippen LogP contribution in [0.3, 0.4) is 0 Å². The summed E-state index contributed by atoms with van der Waals surface area (Å²) in [6.07, 6.45) is 1.36. The molecule has 0 spiro atoms. The second-order valence-corrected chi connectivity index (χ2v) is 4.54. The Kier molecular flexibility index (Phi) is 4.05. The summed E-state index contributed by atoms with van der Waals surface area (Å²) in [5.74, 6) is 0.433. The molecule has 1 radical (unpaired) electrons. The summed E-state index contributed by atoms with van der Waals surface area (Å²) < 4.78 is 5.11. The van der Waals surface area contributed by atoms with Crippen LogP contribution in [0.4, 0.5) is 0 Å². The van der Waals surface area contributed by atoms with Crippen LogP contribution in [-0.4, -0.2) is 37.6 Å². The van der Waals surface area contributed by atoms with Crippen LogP contribution in [0.25, 0.3) is 0 Å². The van der Waals surface area contributed by atoms with Crippen molar-refractivity contribution >= 4 is 19.4 Å². The normalized spacial score (nSPS) is 26.1. The van der Waals surface area contributed by atoms with Crippen molar-refractivity contribution in [3.63, 3.8) is 0 Å². The highest BCUT2D eigenvalue weighted by Gasteiger charge is 2.49. The number of epoxide rings is 1. The van der Waals surface area contributed by atoms with Gasteiger partial charge in [-0.05, 0) is 19.3 Å². The van der Waals surface area contributed by atoms with E-state index in [2.05, 4.69) is 5.23 Å². The van der Waals surface area contributed by atoms with Crippen molar-refractivity contribution in [2.24, 2.45) is 5.92 Å². The van der Waals surface area contributed by atoms with Gasteiger partial charge in [0, 0.05) is 0 Å². The third kappa shape index (κ3) is 3.43. The first-order chi connectivity index (χ1) is 6.99. The summed E-state index contributed by atoms with van der Waals surface area (Å²) in [5, 5.41) is 2.82. The van der Waals surface area contributed by atoms with Gasteiger partial charge in [0.2, 0.25) is 0 Å². The lowest BCUT2D eigenvalue weighted by Crippen LogP contribution is -2.46. The van der Waals surface area contributed by atoms with Crippen molar-refractivity contribution in [2.75, 3.05) is 6.61 Å². The fourth-order valence-electron chi connectivity index (χ4n) is 1.50. The molecule has 4 nitrogen and oxygen atoms in total. The molecule has 1 fully saturated rings. The molecule has 83 valence electrons. The second-order valence-electron chi connectivity index (χ2n) is 4.54. The topological polar surface area (TPSA) is 58.7 Å². The average Bonchev–Trinajstić information content (AvgIpc) is 2.90. The minimum atomic E-state index is -0.622. The summed E-state index contributed by atoms with van der Waals surface area (Å²) in [6.45, 7) is 6.35. The zero-order valence-corrected chi connectivity index (χ0v) is 9.45. The Balaban J connectivity index is 2.54. The number of carbonyl (C=O) groups is 2. The van der Waals surface area contributed by atoms with E-state index in [4.69, 9.17) is 4.74 Å². The van der Waals surface area contributed by atoms with Crippen molar-refractivity contribution in [3.05, 3.63) is 0 Å². The second kappa shape index (κ2) is 4.90. The third-order valence-electron chi connectivity index (χ3n) is 2.49. The van der Waals surface area contributed by atoms with Crippen molar-refractivity contribution in [2.45, 2.75) is 38.8 Å². The fourth-order valence-corrected chi connectivity index (χ4v) is 1.50. The molecule has 1 aliphatic rings. The monoisotopic (exact) mass is 210 g/mol. The predicted molar refractivity (Wildman–Crippen MR) is 58.2 cm³/mol. The van der Waals surface area contributed by atoms with Crippen LogP contribution in [0.5, 0.6) is 0 Å². The van der Waals surface area contributed by atoms with Gasteiger partial charge < -0.3 is 14.8 Å². The molecule has 1 saturated heterocycles. The van der Waals surface area contributed by atoms with E-state index in [1.807, 2.05) is 13.8 Å². The standard InChI is InChI=1S/C10H17BNO3/c1-7(2)4-8(12-11-6-13)9(14)10(3)5-15-10/h6-8,12H,4-5H2,1-3H3/t8-,10-/m0/s1. The lowest BCUT2D eigenvalue weighted by Gasteiger charge is -2.20.